The smallest absolute Gasteiger partial charge is 0.416 e. The Morgan fingerprint density at radius 3 is 1.60 bits per heavy atom. The molecule has 366 valence electrons. The molecule has 70 heavy (non-hydrogen) atoms. The van der Waals surface area contributed by atoms with E-state index in [1.165, 1.54) is 25.2 Å². The number of piperidine rings is 1. The van der Waals surface area contributed by atoms with Crippen molar-refractivity contribution in [3.8, 4) is 11.5 Å². The van der Waals surface area contributed by atoms with E-state index in [1.807, 2.05) is 0 Å². The molecule has 8 heterocycles. The van der Waals surface area contributed by atoms with E-state index in [0.29, 0.717) is 59.6 Å². The second-order valence-electron chi connectivity index (χ2n) is 17.8. The number of benzene rings is 2. The number of carbonyl (C=O) groups is 2. The Morgan fingerprint density at radius 1 is 0.657 bits per heavy atom. The molecule has 0 saturated carbocycles. The lowest BCUT2D eigenvalue weighted by Gasteiger charge is -2.36. The van der Waals surface area contributed by atoms with Crippen LogP contribution < -0.4 is 35.2 Å². The molecule has 4 saturated heterocycles. The first-order valence-corrected chi connectivity index (χ1v) is 22.8. The van der Waals surface area contributed by atoms with Gasteiger partial charge in [0, 0.05) is 44.3 Å². The SMILES string of the molecule is Cc1nc(N2CCC(N3CCCC3)CC2)nc2ncc(NC(=O)C(Oc3ccc(C(F)(F)F)cc3)C(Oc3ccc(C(F)(F)F)cc3)C(=O)Nc3cnc4nc(N5CC6CC5CN6)nc(C)c4n3)nc12. The van der Waals surface area contributed by atoms with Crippen LogP contribution in [0.5, 0.6) is 11.5 Å². The minimum atomic E-state index is -4.72. The summed E-state index contributed by atoms with van der Waals surface area (Å²) >= 11 is 0. The van der Waals surface area contributed by atoms with Crippen LogP contribution in [0.15, 0.2) is 60.9 Å². The number of fused-ring (bicyclic) bond motifs is 4. The summed E-state index contributed by atoms with van der Waals surface area (Å²) in [5.74, 6) is -2.14. The molecule has 4 aliphatic heterocycles. The number of alkyl halides is 6. The molecule has 4 aliphatic rings. The molecule has 4 unspecified atom stereocenters. The number of nitrogens with zero attached hydrogens (tertiary/aromatic N) is 11. The van der Waals surface area contributed by atoms with Crippen LogP contribution in [0.3, 0.4) is 0 Å². The highest BCUT2D eigenvalue weighted by atomic mass is 19.4. The van der Waals surface area contributed by atoms with Crippen LogP contribution >= 0.6 is 0 Å². The first-order valence-electron chi connectivity index (χ1n) is 22.8. The van der Waals surface area contributed by atoms with E-state index in [4.69, 9.17) is 14.5 Å². The molecule has 0 radical (unpaired) electrons. The van der Waals surface area contributed by atoms with Gasteiger partial charge in [-0.25, -0.2) is 29.9 Å². The van der Waals surface area contributed by atoms with Crippen molar-refractivity contribution >= 4 is 57.7 Å². The number of ether oxygens (including phenoxy) is 2. The van der Waals surface area contributed by atoms with Crippen LogP contribution in [0.4, 0.5) is 49.9 Å². The number of aryl methyl sites for hydroxylation is 2. The molecular weight excluding hydrogens is 927 g/mol. The van der Waals surface area contributed by atoms with Gasteiger partial charge in [0.1, 0.15) is 22.5 Å². The molecule has 4 fully saturated rings. The fourth-order valence-electron chi connectivity index (χ4n) is 9.43. The van der Waals surface area contributed by atoms with Crippen molar-refractivity contribution in [1.82, 2.24) is 50.1 Å². The van der Waals surface area contributed by atoms with Gasteiger partial charge >= 0.3 is 12.4 Å². The zero-order chi connectivity index (χ0) is 48.9. The van der Waals surface area contributed by atoms with Gasteiger partial charge in [0.05, 0.1) is 34.9 Å². The second-order valence-corrected chi connectivity index (χ2v) is 17.8. The summed E-state index contributed by atoms with van der Waals surface area (Å²) in [4.78, 5) is 72.5. The van der Waals surface area contributed by atoms with Crippen molar-refractivity contribution in [3.05, 3.63) is 83.4 Å². The van der Waals surface area contributed by atoms with Gasteiger partial charge in [-0.1, -0.05) is 0 Å². The van der Waals surface area contributed by atoms with E-state index >= 15 is 0 Å². The maximum absolute atomic E-state index is 14.5. The predicted molar refractivity (Wildman–Crippen MR) is 242 cm³/mol. The summed E-state index contributed by atoms with van der Waals surface area (Å²) in [7, 11) is 0. The molecule has 3 N–H and O–H groups in total. The number of hydrogen-bond acceptors (Lipinski definition) is 16. The van der Waals surface area contributed by atoms with Gasteiger partial charge < -0.3 is 40.1 Å². The molecule has 6 aromatic rings. The van der Waals surface area contributed by atoms with E-state index in [0.717, 1.165) is 82.8 Å². The number of carbonyl (C=O) groups excluding carboxylic acids is 2. The van der Waals surface area contributed by atoms with E-state index < -0.39 is 47.5 Å². The molecule has 0 aliphatic carbocycles. The van der Waals surface area contributed by atoms with E-state index in [2.05, 4.69) is 65.5 Å². The van der Waals surface area contributed by atoms with E-state index in [-0.39, 0.29) is 51.5 Å². The van der Waals surface area contributed by atoms with Crippen molar-refractivity contribution in [3.63, 3.8) is 0 Å². The van der Waals surface area contributed by atoms with Crippen LogP contribution in [0.25, 0.3) is 22.3 Å². The van der Waals surface area contributed by atoms with Crippen LogP contribution in [-0.2, 0) is 21.9 Å². The third kappa shape index (κ3) is 9.86. The molecule has 2 aromatic carbocycles. The average Bonchev–Trinajstić information content (AvgIpc) is 4.14. The number of halogens is 6. The largest absolute Gasteiger partial charge is 0.476 e. The van der Waals surface area contributed by atoms with Gasteiger partial charge in [-0.05, 0) is 108 Å². The zero-order valence-corrected chi connectivity index (χ0v) is 37.8. The highest BCUT2D eigenvalue weighted by Crippen LogP contribution is 2.34. The number of likely N-dealkylation sites (tertiary alicyclic amines) is 1. The molecule has 2 amide bonds. The van der Waals surface area contributed by atoms with Gasteiger partial charge in [0.2, 0.25) is 24.1 Å². The average molecular weight is 973 g/mol. The van der Waals surface area contributed by atoms with Crippen molar-refractivity contribution in [2.24, 2.45) is 0 Å². The molecule has 24 heteroatoms. The van der Waals surface area contributed by atoms with E-state index in [1.54, 1.807) is 13.8 Å². The lowest BCUT2D eigenvalue weighted by atomic mass is 10.0. The van der Waals surface area contributed by atoms with Gasteiger partial charge in [0.15, 0.2) is 22.9 Å². The van der Waals surface area contributed by atoms with Crippen molar-refractivity contribution in [2.75, 3.05) is 59.7 Å². The zero-order valence-electron chi connectivity index (χ0n) is 37.8. The van der Waals surface area contributed by atoms with Crippen LogP contribution in [0.2, 0.25) is 0 Å². The van der Waals surface area contributed by atoms with Gasteiger partial charge in [-0.2, -0.15) is 36.3 Å². The van der Waals surface area contributed by atoms with Crippen molar-refractivity contribution in [1.29, 1.82) is 0 Å². The Bertz CT molecular complexity index is 2920. The summed E-state index contributed by atoms with van der Waals surface area (Å²) in [6, 6.07) is 7.66. The fraction of sp³-hybridized carbons (Fsp3) is 0.435. The summed E-state index contributed by atoms with van der Waals surface area (Å²) in [6.07, 6.45) is -5.83. The number of amides is 2. The van der Waals surface area contributed by atoms with Crippen LogP contribution in [0, 0.1) is 13.8 Å². The Balaban J connectivity index is 0.950. The van der Waals surface area contributed by atoms with Crippen molar-refractivity contribution < 1.29 is 45.4 Å². The maximum atomic E-state index is 14.5. The number of piperazine rings is 1. The van der Waals surface area contributed by atoms with Crippen molar-refractivity contribution in [2.45, 2.75) is 88.6 Å². The van der Waals surface area contributed by atoms with Crippen LogP contribution in [0.1, 0.15) is 54.6 Å². The standard InChI is InChI=1S/C46H46F6N14O4/c1-24-35-39(62-43(56-24)65-17-13-29(14-18-65)64-15-3-4-16-64)54-21-33(58-35)60-41(67)37(69-31-9-5-26(6-10-31)45(47,48)49)38(70-32-11-7-27(8-12-32)46(50,51)52)42(68)61-34-22-55-40-36(59-34)25(2)57-44(63-40)66-23-28-19-30(66)20-53-28/h5-12,21-22,28-30,37-38,53H,3-4,13-20,23H2,1-2H3,(H,58,60,67)(H,59,61,68). The topological polar surface area (TPSA) is 202 Å². The number of hydrogen-bond donors (Lipinski definition) is 3. The summed E-state index contributed by atoms with van der Waals surface area (Å²) in [5.41, 5.74) is -0.178. The minimum Gasteiger partial charge on any atom is -0.476 e. The third-order valence-electron chi connectivity index (χ3n) is 13.0. The number of nitrogens with one attached hydrogen (secondary N) is 3. The summed E-state index contributed by atoms with van der Waals surface area (Å²) in [5, 5.41) is 8.54. The predicted octanol–water partition coefficient (Wildman–Crippen LogP) is 5.89. The van der Waals surface area contributed by atoms with Crippen LogP contribution in [-0.4, -0.2) is 126 Å². The van der Waals surface area contributed by atoms with Gasteiger partial charge in [0.25, 0.3) is 11.8 Å². The van der Waals surface area contributed by atoms with Gasteiger partial charge in [-0.3, -0.25) is 9.59 Å². The quantitative estimate of drug-likeness (QED) is 0.122. The lowest BCUT2D eigenvalue weighted by Crippen LogP contribution is -2.51. The Labute approximate surface area is 395 Å². The summed E-state index contributed by atoms with van der Waals surface area (Å²) in [6.45, 7) is 8.69. The highest BCUT2D eigenvalue weighted by molar-refractivity contribution is 6.02. The monoisotopic (exact) mass is 972 g/mol. The molecule has 4 aromatic heterocycles. The Hall–Kier alpha value is -7.08. The highest BCUT2D eigenvalue weighted by Gasteiger charge is 2.41. The van der Waals surface area contributed by atoms with E-state index in [9.17, 15) is 35.9 Å². The fourth-order valence-corrected chi connectivity index (χ4v) is 9.43. The Morgan fingerprint density at radius 2 is 1.14 bits per heavy atom. The Kier molecular flexibility index (Phi) is 12.4. The summed E-state index contributed by atoms with van der Waals surface area (Å²) < 4.78 is 93.6. The molecule has 0 spiro atoms. The lowest BCUT2D eigenvalue weighted by molar-refractivity contribution is -0.138. The molecule has 4 atom stereocenters. The first-order chi connectivity index (χ1) is 33.5. The number of rotatable bonds is 12. The third-order valence-corrected chi connectivity index (χ3v) is 13.0. The normalized spacial score (nSPS) is 19.7. The maximum Gasteiger partial charge on any atom is 0.416 e. The first kappa shape index (κ1) is 46.6. The molecule has 10 rings (SSSR count). The molecule has 2 bridgehead atoms. The minimum absolute atomic E-state index is 0.147. The molecular formula is C46H46F6N14O4. The number of anilines is 4. The van der Waals surface area contributed by atoms with Gasteiger partial charge in [-0.15, -0.1) is 0 Å². The molecule has 18 nitrogen and oxygen atoms in total. The second kappa shape index (κ2) is 18.7. The number of aromatic nitrogens is 8.